The molecule has 5 nitrogen and oxygen atoms in total. The number of sulfone groups is 1. The molecular weight excluding hydrogens is 369 g/mol. The average Bonchev–Trinajstić information content (AvgIpc) is 3.34. The van der Waals surface area contributed by atoms with Gasteiger partial charge < -0.3 is 4.74 Å². The van der Waals surface area contributed by atoms with Crippen molar-refractivity contribution in [3.8, 4) is 6.07 Å². The monoisotopic (exact) mass is 387 g/mol. The fourth-order valence-electron chi connectivity index (χ4n) is 3.46. The number of benzene rings is 2. The number of carbonyl (C=O) groups is 1. The molecule has 0 N–H and O–H groups in total. The Morgan fingerprint density at radius 2 is 1.93 bits per heavy atom. The van der Waals surface area contributed by atoms with Crippen LogP contribution in [0.4, 0.5) is 4.39 Å². The Bertz CT molecular complexity index is 1030. The molecule has 0 unspecified atom stereocenters. The third kappa shape index (κ3) is 3.00. The van der Waals surface area contributed by atoms with Gasteiger partial charge in [-0.1, -0.05) is 29.8 Å². The van der Waals surface area contributed by atoms with Crippen molar-refractivity contribution in [1.29, 1.82) is 5.26 Å². The van der Waals surface area contributed by atoms with Crippen molar-refractivity contribution in [2.45, 2.75) is 29.9 Å². The molecule has 0 bridgehead atoms. The molecule has 0 aromatic heterocycles. The number of esters is 1. The molecule has 3 atom stereocenters. The molecule has 27 heavy (non-hydrogen) atoms. The number of nitriles is 1. The van der Waals surface area contributed by atoms with E-state index < -0.39 is 38.2 Å². The molecule has 1 aliphatic rings. The molecule has 1 aliphatic carbocycles. The molecule has 0 heterocycles. The second kappa shape index (κ2) is 6.78. The molecule has 0 saturated heterocycles. The van der Waals surface area contributed by atoms with Gasteiger partial charge in [0.05, 0.1) is 17.6 Å². The molecule has 0 radical (unpaired) electrons. The minimum absolute atomic E-state index is 0.00936. The van der Waals surface area contributed by atoms with E-state index in [-0.39, 0.29) is 17.1 Å². The summed E-state index contributed by atoms with van der Waals surface area (Å²) in [6.45, 7) is 3.41. The Morgan fingerprint density at radius 1 is 1.26 bits per heavy atom. The van der Waals surface area contributed by atoms with Gasteiger partial charge in [0.2, 0.25) is 0 Å². The number of hydrogen-bond donors (Lipinski definition) is 0. The first kappa shape index (κ1) is 19.1. The van der Waals surface area contributed by atoms with Crippen molar-refractivity contribution in [3.05, 3.63) is 65.5 Å². The lowest BCUT2D eigenvalue weighted by Crippen LogP contribution is -2.25. The largest absolute Gasteiger partial charge is 0.465 e. The first-order valence-electron chi connectivity index (χ1n) is 8.43. The summed E-state index contributed by atoms with van der Waals surface area (Å²) in [6.07, 6.45) is 0. The second-order valence-corrected chi connectivity index (χ2v) is 8.58. The van der Waals surface area contributed by atoms with Crippen LogP contribution in [0, 0.1) is 29.5 Å². The normalized spacial score (nSPS) is 24.1. The van der Waals surface area contributed by atoms with Crippen molar-refractivity contribution < 1.29 is 22.3 Å². The van der Waals surface area contributed by atoms with Gasteiger partial charge in [0.15, 0.2) is 15.3 Å². The Morgan fingerprint density at radius 3 is 2.48 bits per heavy atom. The van der Waals surface area contributed by atoms with E-state index >= 15 is 0 Å². The number of rotatable bonds is 5. The van der Waals surface area contributed by atoms with Gasteiger partial charge in [-0.2, -0.15) is 5.26 Å². The summed E-state index contributed by atoms with van der Waals surface area (Å²) in [5.74, 6) is -2.47. The molecule has 7 heteroatoms. The maximum atomic E-state index is 13.7. The lowest BCUT2D eigenvalue weighted by molar-refractivity contribution is -0.147. The Labute approximate surface area is 157 Å². The van der Waals surface area contributed by atoms with Gasteiger partial charge in [0.25, 0.3) is 0 Å². The minimum atomic E-state index is -4.02. The van der Waals surface area contributed by atoms with Gasteiger partial charge in [-0.25, -0.2) is 12.8 Å². The van der Waals surface area contributed by atoms with E-state index in [9.17, 15) is 22.9 Å². The van der Waals surface area contributed by atoms with Crippen molar-refractivity contribution >= 4 is 15.8 Å². The molecule has 0 amide bonds. The van der Waals surface area contributed by atoms with Crippen molar-refractivity contribution in [1.82, 2.24) is 0 Å². The molecule has 2 aromatic carbocycles. The molecule has 0 aliphatic heterocycles. The number of carbonyl (C=O) groups excluding carboxylic acids is 1. The van der Waals surface area contributed by atoms with Crippen LogP contribution in [0.2, 0.25) is 0 Å². The van der Waals surface area contributed by atoms with Crippen molar-refractivity contribution in [3.63, 3.8) is 0 Å². The first-order valence-corrected chi connectivity index (χ1v) is 9.98. The van der Waals surface area contributed by atoms with Gasteiger partial charge in [-0.3, -0.25) is 4.79 Å². The minimum Gasteiger partial charge on any atom is -0.465 e. The van der Waals surface area contributed by atoms with Crippen LogP contribution in [-0.2, 0) is 19.4 Å². The van der Waals surface area contributed by atoms with Crippen molar-refractivity contribution in [2.75, 3.05) is 6.61 Å². The van der Waals surface area contributed by atoms with Gasteiger partial charge >= 0.3 is 5.97 Å². The van der Waals surface area contributed by atoms with Gasteiger partial charge in [0.1, 0.15) is 11.1 Å². The van der Waals surface area contributed by atoms with Crippen LogP contribution >= 0.6 is 0 Å². The average molecular weight is 387 g/mol. The highest BCUT2D eigenvalue weighted by Crippen LogP contribution is 2.64. The highest BCUT2D eigenvalue weighted by atomic mass is 32.2. The van der Waals surface area contributed by atoms with E-state index in [4.69, 9.17) is 4.74 Å². The Hall–Kier alpha value is -2.72. The van der Waals surface area contributed by atoms with Gasteiger partial charge in [-0.05, 0) is 43.7 Å². The lowest BCUT2D eigenvalue weighted by atomic mass is 10.0. The number of aryl methyl sites for hydroxylation is 1. The SMILES string of the molecule is CCOC(=O)[C@@]1(C#N)[C@H](c2cccc(F)c2)[C@@H]1S(=O)(=O)c1ccc(C)cc1. The van der Waals surface area contributed by atoms with Crippen LogP contribution in [0.15, 0.2) is 53.4 Å². The molecule has 0 spiro atoms. The summed E-state index contributed by atoms with van der Waals surface area (Å²) in [4.78, 5) is 12.6. The molecule has 1 fully saturated rings. The quantitative estimate of drug-likeness (QED) is 0.736. The highest BCUT2D eigenvalue weighted by molar-refractivity contribution is 7.92. The van der Waals surface area contributed by atoms with Gasteiger partial charge in [0, 0.05) is 5.92 Å². The summed E-state index contributed by atoms with van der Waals surface area (Å²) in [5.41, 5.74) is -0.735. The van der Waals surface area contributed by atoms with E-state index in [1.165, 1.54) is 30.3 Å². The Kier molecular flexibility index (Phi) is 4.79. The number of hydrogen-bond acceptors (Lipinski definition) is 5. The van der Waals surface area contributed by atoms with Crippen LogP contribution in [0.3, 0.4) is 0 Å². The zero-order valence-corrected chi connectivity index (χ0v) is 15.7. The van der Waals surface area contributed by atoms with Crippen LogP contribution in [0.25, 0.3) is 0 Å². The van der Waals surface area contributed by atoms with Gasteiger partial charge in [-0.15, -0.1) is 0 Å². The summed E-state index contributed by atoms with van der Waals surface area (Å²) in [5, 5.41) is 8.44. The predicted octanol–water partition coefficient (Wildman–Crippen LogP) is 3.15. The topological polar surface area (TPSA) is 84.2 Å². The third-order valence-electron chi connectivity index (χ3n) is 4.82. The van der Waals surface area contributed by atoms with Crippen LogP contribution in [-0.4, -0.2) is 26.2 Å². The summed E-state index contributed by atoms with van der Waals surface area (Å²) in [7, 11) is -4.02. The standard InChI is InChI=1S/C20H18FNO4S/c1-3-26-19(23)20(12-22)17(14-5-4-6-15(21)11-14)18(20)27(24,25)16-9-7-13(2)8-10-16/h4-11,17-18H,3H2,1-2H3/t17-,18+,20+/m1/s1. The first-order chi connectivity index (χ1) is 12.8. The zero-order chi connectivity index (χ0) is 19.8. The van der Waals surface area contributed by atoms with Crippen molar-refractivity contribution in [2.24, 2.45) is 5.41 Å². The summed E-state index contributed by atoms with van der Waals surface area (Å²) < 4.78 is 45.1. The predicted molar refractivity (Wildman–Crippen MR) is 96.0 cm³/mol. The number of ether oxygens (including phenoxy) is 1. The number of halogens is 1. The van der Waals surface area contributed by atoms with E-state index in [0.29, 0.717) is 0 Å². The molecular formula is C20H18FNO4S. The van der Waals surface area contributed by atoms with E-state index in [1.54, 1.807) is 19.1 Å². The molecule has 140 valence electrons. The second-order valence-electron chi connectivity index (χ2n) is 6.51. The maximum absolute atomic E-state index is 13.7. The van der Waals surface area contributed by atoms with E-state index in [0.717, 1.165) is 11.6 Å². The molecule has 3 rings (SSSR count). The zero-order valence-electron chi connectivity index (χ0n) is 14.8. The number of nitrogens with zero attached hydrogens (tertiary/aromatic N) is 1. The lowest BCUT2D eigenvalue weighted by Gasteiger charge is -2.09. The fraction of sp³-hybridized carbons (Fsp3) is 0.300. The maximum Gasteiger partial charge on any atom is 0.328 e. The highest BCUT2D eigenvalue weighted by Gasteiger charge is 2.77. The Balaban J connectivity index is 2.14. The molecule has 1 saturated carbocycles. The third-order valence-corrected chi connectivity index (χ3v) is 7.06. The van der Waals surface area contributed by atoms with Crippen LogP contribution in [0.1, 0.15) is 24.0 Å². The fourth-order valence-corrected chi connectivity index (χ4v) is 5.71. The summed E-state index contributed by atoms with van der Waals surface area (Å²) >= 11 is 0. The smallest absolute Gasteiger partial charge is 0.328 e. The van der Waals surface area contributed by atoms with E-state index in [2.05, 4.69) is 0 Å². The van der Waals surface area contributed by atoms with Crippen LogP contribution in [0.5, 0.6) is 0 Å². The van der Waals surface area contributed by atoms with Crippen LogP contribution < -0.4 is 0 Å². The summed E-state index contributed by atoms with van der Waals surface area (Å²) in [6, 6.07) is 13.3. The molecule has 2 aromatic rings. The van der Waals surface area contributed by atoms with E-state index in [1.807, 2.05) is 13.0 Å².